The molecule has 0 spiro atoms. The molecule has 0 bridgehead atoms. The lowest BCUT2D eigenvalue weighted by Crippen LogP contribution is -2.45. The van der Waals surface area contributed by atoms with E-state index < -0.39 is 16.4 Å². The number of rotatable bonds is 4. The SMILES string of the molecule is CC1CCC(O)(CNC(=O)c2ccccc2[N+](=O)[O-])CC1. The number of nitrogens with zero attached hydrogens (tertiary/aromatic N) is 1. The number of hydrogen-bond acceptors (Lipinski definition) is 4. The smallest absolute Gasteiger partial charge is 0.282 e. The number of hydrogen-bond donors (Lipinski definition) is 2. The minimum atomic E-state index is -0.897. The van der Waals surface area contributed by atoms with Gasteiger partial charge in [-0.3, -0.25) is 14.9 Å². The Bertz CT molecular complexity index is 536. The van der Waals surface area contributed by atoms with Crippen molar-refractivity contribution < 1.29 is 14.8 Å². The van der Waals surface area contributed by atoms with E-state index in [9.17, 15) is 20.0 Å². The molecule has 1 fully saturated rings. The van der Waals surface area contributed by atoms with E-state index in [1.165, 1.54) is 18.2 Å². The van der Waals surface area contributed by atoms with E-state index in [1.54, 1.807) is 6.07 Å². The van der Waals surface area contributed by atoms with E-state index in [0.717, 1.165) is 12.8 Å². The van der Waals surface area contributed by atoms with Crippen LogP contribution in [0.3, 0.4) is 0 Å². The molecule has 1 saturated carbocycles. The minimum Gasteiger partial charge on any atom is -0.388 e. The molecular weight excluding hydrogens is 272 g/mol. The highest BCUT2D eigenvalue weighted by Crippen LogP contribution is 2.31. The van der Waals surface area contributed by atoms with E-state index in [-0.39, 0.29) is 17.8 Å². The lowest BCUT2D eigenvalue weighted by molar-refractivity contribution is -0.385. The second kappa shape index (κ2) is 6.22. The number of carbonyl (C=O) groups excluding carboxylic acids is 1. The van der Waals surface area contributed by atoms with E-state index in [4.69, 9.17) is 0 Å². The first-order valence-electron chi connectivity index (χ1n) is 7.15. The van der Waals surface area contributed by atoms with Gasteiger partial charge in [0, 0.05) is 12.6 Å². The van der Waals surface area contributed by atoms with Gasteiger partial charge in [0.25, 0.3) is 11.6 Å². The Hall–Kier alpha value is -1.95. The van der Waals surface area contributed by atoms with Gasteiger partial charge in [-0.15, -0.1) is 0 Å². The summed E-state index contributed by atoms with van der Waals surface area (Å²) in [7, 11) is 0. The number of benzene rings is 1. The Morgan fingerprint density at radius 2 is 2.05 bits per heavy atom. The summed E-state index contributed by atoms with van der Waals surface area (Å²) >= 11 is 0. The second-order valence-electron chi connectivity index (χ2n) is 5.86. The van der Waals surface area contributed by atoms with Crippen LogP contribution >= 0.6 is 0 Å². The molecule has 1 amide bonds. The lowest BCUT2D eigenvalue weighted by Gasteiger charge is -2.34. The van der Waals surface area contributed by atoms with E-state index >= 15 is 0 Å². The fourth-order valence-corrected chi connectivity index (χ4v) is 2.64. The van der Waals surface area contributed by atoms with Gasteiger partial charge in [-0.05, 0) is 37.7 Å². The maximum absolute atomic E-state index is 12.1. The molecule has 1 aromatic rings. The molecule has 2 rings (SSSR count). The summed E-state index contributed by atoms with van der Waals surface area (Å²) in [5.74, 6) is 0.0746. The van der Waals surface area contributed by atoms with Gasteiger partial charge in [0.2, 0.25) is 0 Å². The van der Waals surface area contributed by atoms with Crippen molar-refractivity contribution in [2.24, 2.45) is 5.92 Å². The average molecular weight is 292 g/mol. The first kappa shape index (κ1) is 15.4. The third-order valence-corrected chi connectivity index (χ3v) is 4.13. The van der Waals surface area contributed by atoms with Crippen molar-refractivity contribution in [3.63, 3.8) is 0 Å². The Balaban J connectivity index is 2.01. The van der Waals surface area contributed by atoms with Crippen LogP contribution in [-0.4, -0.2) is 28.1 Å². The molecule has 6 heteroatoms. The highest BCUT2D eigenvalue weighted by Gasteiger charge is 2.32. The Morgan fingerprint density at radius 3 is 2.67 bits per heavy atom. The second-order valence-corrected chi connectivity index (χ2v) is 5.86. The van der Waals surface area contributed by atoms with Crippen molar-refractivity contribution in [1.82, 2.24) is 5.32 Å². The zero-order valence-electron chi connectivity index (χ0n) is 12.0. The fourth-order valence-electron chi connectivity index (χ4n) is 2.64. The third-order valence-electron chi connectivity index (χ3n) is 4.13. The predicted octanol–water partition coefficient (Wildman–Crippen LogP) is 2.27. The van der Waals surface area contributed by atoms with Crippen LogP contribution in [0.5, 0.6) is 0 Å². The topological polar surface area (TPSA) is 92.5 Å². The standard InChI is InChI=1S/C15H20N2O4/c1-11-6-8-15(19,9-7-11)10-16-14(18)12-4-2-3-5-13(12)17(20)21/h2-5,11,19H,6-10H2,1H3,(H,16,18). The van der Waals surface area contributed by atoms with Crippen LogP contribution in [0.2, 0.25) is 0 Å². The van der Waals surface area contributed by atoms with Gasteiger partial charge in [-0.2, -0.15) is 0 Å². The molecule has 21 heavy (non-hydrogen) atoms. The zero-order valence-corrected chi connectivity index (χ0v) is 12.0. The van der Waals surface area contributed by atoms with Crippen LogP contribution < -0.4 is 5.32 Å². The predicted molar refractivity (Wildman–Crippen MR) is 78.0 cm³/mol. The van der Waals surface area contributed by atoms with Crippen LogP contribution in [0.4, 0.5) is 5.69 Å². The highest BCUT2D eigenvalue weighted by atomic mass is 16.6. The molecule has 0 saturated heterocycles. The maximum Gasteiger partial charge on any atom is 0.282 e. The number of aliphatic hydroxyl groups is 1. The van der Waals surface area contributed by atoms with Crippen molar-refractivity contribution in [2.75, 3.05) is 6.54 Å². The number of amides is 1. The third kappa shape index (κ3) is 3.78. The fraction of sp³-hybridized carbons (Fsp3) is 0.533. The van der Waals surface area contributed by atoms with Crippen LogP contribution in [0.1, 0.15) is 43.0 Å². The Morgan fingerprint density at radius 1 is 1.43 bits per heavy atom. The molecule has 0 heterocycles. The van der Waals surface area contributed by atoms with Crippen LogP contribution in [-0.2, 0) is 0 Å². The highest BCUT2D eigenvalue weighted by molar-refractivity contribution is 5.98. The number of para-hydroxylation sites is 1. The van der Waals surface area contributed by atoms with Crippen LogP contribution in [0, 0.1) is 16.0 Å². The van der Waals surface area contributed by atoms with E-state index in [1.807, 2.05) is 0 Å². The molecule has 1 aliphatic rings. The molecule has 2 N–H and O–H groups in total. The summed E-state index contributed by atoms with van der Waals surface area (Å²) in [5, 5.41) is 23.9. The summed E-state index contributed by atoms with van der Waals surface area (Å²) in [6.45, 7) is 2.27. The van der Waals surface area contributed by atoms with Gasteiger partial charge in [0.15, 0.2) is 0 Å². The minimum absolute atomic E-state index is 0.0234. The molecule has 0 atom stereocenters. The van der Waals surface area contributed by atoms with Gasteiger partial charge in [0.05, 0.1) is 10.5 Å². The lowest BCUT2D eigenvalue weighted by atomic mass is 9.79. The quantitative estimate of drug-likeness (QED) is 0.657. The van der Waals surface area contributed by atoms with Gasteiger partial charge in [0.1, 0.15) is 5.56 Å². The normalized spacial score (nSPS) is 25.3. The molecule has 1 aromatic carbocycles. The molecule has 1 aliphatic carbocycles. The summed E-state index contributed by atoms with van der Waals surface area (Å²) in [4.78, 5) is 22.4. The molecule has 0 aromatic heterocycles. The van der Waals surface area contributed by atoms with Gasteiger partial charge in [-0.25, -0.2) is 0 Å². The van der Waals surface area contributed by atoms with Gasteiger partial charge >= 0.3 is 0 Å². The Kier molecular flexibility index (Phi) is 4.57. The summed E-state index contributed by atoms with van der Waals surface area (Å²) < 4.78 is 0. The molecule has 6 nitrogen and oxygen atoms in total. The van der Waals surface area contributed by atoms with Crippen molar-refractivity contribution in [1.29, 1.82) is 0 Å². The van der Waals surface area contributed by atoms with E-state index in [2.05, 4.69) is 12.2 Å². The monoisotopic (exact) mass is 292 g/mol. The summed E-state index contributed by atoms with van der Waals surface area (Å²) in [5.41, 5.74) is -1.10. The average Bonchev–Trinajstić information content (AvgIpc) is 2.48. The van der Waals surface area contributed by atoms with Crippen LogP contribution in [0.25, 0.3) is 0 Å². The van der Waals surface area contributed by atoms with Crippen molar-refractivity contribution in [2.45, 2.75) is 38.2 Å². The molecule has 0 aliphatic heterocycles. The molecule has 0 radical (unpaired) electrons. The largest absolute Gasteiger partial charge is 0.388 e. The van der Waals surface area contributed by atoms with Crippen molar-refractivity contribution >= 4 is 11.6 Å². The van der Waals surface area contributed by atoms with Crippen molar-refractivity contribution in [3.05, 3.63) is 39.9 Å². The number of nitro benzene ring substituents is 1. The molecule has 114 valence electrons. The summed E-state index contributed by atoms with van der Waals surface area (Å²) in [6, 6.07) is 5.82. The summed E-state index contributed by atoms with van der Waals surface area (Å²) in [6.07, 6.45) is 3.15. The molecular formula is C15H20N2O4. The van der Waals surface area contributed by atoms with Gasteiger partial charge in [-0.1, -0.05) is 19.1 Å². The zero-order chi connectivity index (χ0) is 15.5. The number of nitrogens with one attached hydrogen (secondary N) is 1. The first-order valence-corrected chi connectivity index (χ1v) is 7.15. The van der Waals surface area contributed by atoms with Gasteiger partial charge < -0.3 is 10.4 Å². The first-order chi connectivity index (χ1) is 9.91. The number of carbonyl (C=O) groups is 1. The molecule has 0 unspecified atom stereocenters. The van der Waals surface area contributed by atoms with E-state index in [0.29, 0.717) is 18.8 Å². The van der Waals surface area contributed by atoms with Crippen LogP contribution in [0.15, 0.2) is 24.3 Å². The Labute approximate surface area is 123 Å². The number of nitro groups is 1. The van der Waals surface area contributed by atoms with Crippen molar-refractivity contribution in [3.8, 4) is 0 Å². The maximum atomic E-state index is 12.1.